The molecule has 1 aliphatic rings. The first-order valence-electron chi connectivity index (χ1n) is 9.54. The van der Waals surface area contributed by atoms with Crippen LogP contribution in [0.5, 0.6) is 0 Å². The molecular weight excluding hydrogens is 453 g/mol. The summed E-state index contributed by atoms with van der Waals surface area (Å²) in [7, 11) is 4.10. The number of aliphatic imine (C=N–C) groups is 1. The Bertz CT molecular complexity index is 647. The topological polar surface area (TPSA) is 60.0 Å². The number of rotatable bonds is 6. The first-order chi connectivity index (χ1) is 12.4. The molecule has 0 bridgehead atoms. The highest BCUT2D eigenvalue weighted by molar-refractivity contribution is 14.0. The van der Waals surface area contributed by atoms with Gasteiger partial charge in [0.05, 0.1) is 6.54 Å². The van der Waals surface area contributed by atoms with Crippen LogP contribution in [0, 0.1) is 6.92 Å². The number of anilines is 1. The molecule has 152 valence electrons. The number of aryl methyl sites for hydroxylation is 1. The van der Waals surface area contributed by atoms with Crippen LogP contribution in [0.4, 0.5) is 5.69 Å². The van der Waals surface area contributed by atoms with E-state index in [1.165, 1.54) is 16.8 Å². The lowest BCUT2D eigenvalue weighted by molar-refractivity contribution is -0.129. The van der Waals surface area contributed by atoms with Crippen molar-refractivity contribution in [1.82, 2.24) is 15.5 Å². The molecule has 1 heterocycles. The average Bonchev–Trinajstić information content (AvgIpc) is 3.08. The molecule has 1 amide bonds. The van der Waals surface area contributed by atoms with Gasteiger partial charge in [0, 0.05) is 51.9 Å². The zero-order valence-corrected chi connectivity index (χ0v) is 19.5. The van der Waals surface area contributed by atoms with Crippen LogP contribution in [0.25, 0.3) is 0 Å². The number of benzene rings is 1. The van der Waals surface area contributed by atoms with Crippen molar-refractivity contribution in [3.63, 3.8) is 0 Å². The average molecular weight is 487 g/mol. The van der Waals surface area contributed by atoms with E-state index < -0.39 is 0 Å². The second kappa shape index (κ2) is 11.4. The number of amides is 1. The molecule has 2 rings (SSSR count). The van der Waals surface area contributed by atoms with Crippen molar-refractivity contribution in [1.29, 1.82) is 0 Å². The molecule has 2 N–H and O–H groups in total. The molecule has 1 aromatic carbocycles. The fourth-order valence-electron chi connectivity index (χ4n) is 3.14. The van der Waals surface area contributed by atoms with Crippen molar-refractivity contribution in [3.8, 4) is 0 Å². The lowest BCUT2D eigenvalue weighted by Gasteiger charge is -2.19. The summed E-state index contributed by atoms with van der Waals surface area (Å²) in [6, 6.07) is 6.73. The van der Waals surface area contributed by atoms with Crippen LogP contribution >= 0.6 is 24.0 Å². The third-order valence-electron chi connectivity index (χ3n) is 4.78. The van der Waals surface area contributed by atoms with Crippen LogP contribution < -0.4 is 15.5 Å². The molecule has 0 saturated carbocycles. The summed E-state index contributed by atoms with van der Waals surface area (Å²) >= 11 is 0. The molecule has 7 heteroatoms. The molecule has 1 atom stereocenters. The number of likely N-dealkylation sites (tertiary alicyclic amines) is 1. The van der Waals surface area contributed by atoms with E-state index in [4.69, 9.17) is 4.99 Å². The quantitative estimate of drug-likeness (QED) is 0.368. The second-order valence-electron chi connectivity index (χ2n) is 7.02. The fourth-order valence-corrected chi connectivity index (χ4v) is 3.14. The highest BCUT2D eigenvalue weighted by Gasteiger charge is 2.25. The largest absolute Gasteiger partial charge is 0.378 e. The molecule has 1 fully saturated rings. The Morgan fingerprint density at radius 3 is 2.67 bits per heavy atom. The molecule has 1 unspecified atom stereocenters. The Morgan fingerprint density at radius 2 is 2.07 bits per heavy atom. The Labute approximate surface area is 180 Å². The standard InChI is InChI=1S/C20H33N5O.HI/c1-6-19(26)25-11-10-17(14-25)23-20(21-7-2)22-13-16-8-9-18(24(4)5)12-15(16)3;/h8-9,12,17H,6-7,10-11,13-14H2,1-5H3,(H2,21,22,23);1H. The van der Waals surface area contributed by atoms with Crippen LogP contribution in [0.1, 0.15) is 37.8 Å². The van der Waals surface area contributed by atoms with Gasteiger partial charge in [-0.3, -0.25) is 4.79 Å². The van der Waals surface area contributed by atoms with E-state index in [9.17, 15) is 4.79 Å². The Hall–Kier alpha value is -1.51. The van der Waals surface area contributed by atoms with E-state index >= 15 is 0 Å². The molecule has 1 aliphatic heterocycles. The van der Waals surface area contributed by atoms with Gasteiger partial charge in [0.1, 0.15) is 0 Å². The van der Waals surface area contributed by atoms with E-state index in [-0.39, 0.29) is 35.9 Å². The fraction of sp³-hybridized carbons (Fsp3) is 0.600. The minimum atomic E-state index is 0. The van der Waals surface area contributed by atoms with Crippen molar-refractivity contribution < 1.29 is 4.79 Å². The Morgan fingerprint density at radius 1 is 1.33 bits per heavy atom. The van der Waals surface area contributed by atoms with Crippen LogP contribution in [0.3, 0.4) is 0 Å². The zero-order valence-electron chi connectivity index (χ0n) is 17.2. The molecular formula is C20H34IN5O. The smallest absolute Gasteiger partial charge is 0.222 e. The predicted octanol–water partition coefficient (Wildman–Crippen LogP) is 2.75. The maximum Gasteiger partial charge on any atom is 0.222 e. The molecule has 0 aromatic heterocycles. The highest BCUT2D eigenvalue weighted by atomic mass is 127. The van der Waals surface area contributed by atoms with Crippen molar-refractivity contribution >= 4 is 41.5 Å². The van der Waals surface area contributed by atoms with Gasteiger partial charge in [-0.2, -0.15) is 0 Å². The summed E-state index contributed by atoms with van der Waals surface area (Å²) in [5.41, 5.74) is 3.67. The number of hydrogen-bond donors (Lipinski definition) is 2. The molecule has 27 heavy (non-hydrogen) atoms. The molecule has 1 aromatic rings. The van der Waals surface area contributed by atoms with Gasteiger partial charge in [-0.15, -0.1) is 24.0 Å². The third kappa shape index (κ3) is 6.86. The van der Waals surface area contributed by atoms with Crippen molar-refractivity contribution in [3.05, 3.63) is 29.3 Å². The lowest BCUT2D eigenvalue weighted by Crippen LogP contribution is -2.45. The molecule has 0 radical (unpaired) electrons. The van der Waals surface area contributed by atoms with E-state index in [1.807, 2.05) is 25.9 Å². The third-order valence-corrected chi connectivity index (χ3v) is 4.78. The summed E-state index contributed by atoms with van der Waals surface area (Å²) in [5.74, 6) is 1.05. The van der Waals surface area contributed by atoms with E-state index in [0.29, 0.717) is 13.0 Å². The number of carbonyl (C=O) groups excluding carboxylic acids is 1. The number of nitrogens with zero attached hydrogens (tertiary/aromatic N) is 3. The summed E-state index contributed by atoms with van der Waals surface area (Å²) in [4.78, 5) is 20.6. The maximum absolute atomic E-state index is 11.8. The summed E-state index contributed by atoms with van der Waals surface area (Å²) in [5, 5.41) is 6.80. The summed E-state index contributed by atoms with van der Waals surface area (Å²) in [6.07, 6.45) is 1.54. The van der Waals surface area contributed by atoms with E-state index in [2.05, 4.69) is 47.6 Å². The van der Waals surface area contributed by atoms with Crippen LogP contribution in [-0.4, -0.2) is 56.5 Å². The minimum Gasteiger partial charge on any atom is -0.378 e. The highest BCUT2D eigenvalue weighted by Crippen LogP contribution is 2.18. The van der Waals surface area contributed by atoms with Crippen molar-refractivity contribution in [2.75, 3.05) is 38.6 Å². The molecule has 1 saturated heterocycles. The van der Waals surface area contributed by atoms with Gasteiger partial charge >= 0.3 is 0 Å². The van der Waals surface area contributed by atoms with E-state index in [0.717, 1.165) is 32.0 Å². The summed E-state index contributed by atoms with van der Waals surface area (Å²) in [6.45, 7) is 9.15. The molecule has 0 aliphatic carbocycles. The first kappa shape index (κ1) is 23.5. The van der Waals surface area contributed by atoms with E-state index in [1.54, 1.807) is 0 Å². The van der Waals surface area contributed by atoms with Gasteiger partial charge in [-0.05, 0) is 43.5 Å². The maximum atomic E-state index is 11.8. The number of halogens is 1. The second-order valence-corrected chi connectivity index (χ2v) is 7.02. The van der Waals surface area contributed by atoms with Crippen LogP contribution in [0.2, 0.25) is 0 Å². The van der Waals surface area contributed by atoms with Gasteiger partial charge in [0.2, 0.25) is 5.91 Å². The number of nitrogens with one attached hydrogen (secondary N) is 2. The SMILES string of the molecule is CCNC(=NCc1ccc(N(C)C)cc1C)NC1CCN(C(=O)CC)C1.I. The van der Waals surface area contributed by atoms with Crippen LogP contribution in [-0.2, 0) is 11.3 Å². The monoisotopic (exact) mass is 487 g/mol. The number of carbonyl (C=O) groups is 1. The van der Waals surface area contributed by atoms with Gasteiger partial charge < -0.3 is 20.4 Å². The van der Waals surface area contributed by atoms with Gasteiger partial charge in [-0.25, -0.2) is 4.99 Å². The van der Waals surface area contributed by atoms with Gasteiger partial charge in [0.25, 0.3) is 0 Å². The predicted molar refractivity (Wildman–Crippen MR) is 124 cm³/mol. The molecule has 6 nitrogen and oxygen atoms in total. The Kier molecular flexibility index (Phi) is 9.90. The van der Waals surface area contributed by atoms with Gasteiger partial charge in [0.15, 0.2) is 5.96 Å². The zero-order chi connectivity index (χ0) is 19.1. The number of hydrogen-bond acceptors (Lipinski definition) is 3. The lowest BCUT2D eigenvalue weighted by atomic mass is 10.1. The first-order valence-corrected chi connectivity index (χ1v) is 9.54. The normalized spacial score (nSPS) is 16.7. The summed E-state index contributed by atoms with van der Waals surface area (Å²) < 4.78 is 0. The van der Waals surface area contributed by atoms with Crippen molar-refractivity contribution in [2.45, 2.75) is 46.2 Å². The minimum absolute atomic E-state index is 0. The molecule has 0 spiro atoms. The van der Waals surface area contributed by atoms with Gasteiger partial charge in [-0.1, -0.05) is 13.0 Å². The van der Waals surface area contributed by atoms with Crippen molar-refractivity contribution in [2.24, 2.45) is 4.99 Å². The van der Waals surface area contributed by atoms with Crippen LogP contribution in [0.15, 0.2) is 23.2 Å². The Balaban J connectivity index is 0.00000364. The number of guanidine groups is 1.